The molecule has 1 aliphatic carbocycles. The summed E-state index contributed by atoms with van der Waals surface area (Å²) in [5.74, 6) is 2.59. The SMILES string of the molecule is CCOc1ccc(C(C)=O)cc1CSCC(=O)N[C@H]1CCCC[C@@H]1C. The molecule has 0 aliphatic heterocycles. The van der Waals surface area contributed by atoms with Crippen LogP contribution in [0.2, 0.25) is 0 Å². The van der Waals surface area contributed by atoms with E-state index in [0.717, 1.165) is 17.7 Å². The number of rotatable bonds is 8. The predicted molar refractivity (Wildman–Crippen MR) is 103 cm³/mol. The van der Waals surface area contributed by atoms with Crippen molar-refractivity contribution in [1.29, 1.82) is 0 Å². The standard InChI is InChI=1S/C20H29NO3S/c1-4-24-19-10-9-16(15(3)22)11-17(19)12-25-13-20(23)21-18-8-6-5-7-14(18)2/h9-11,14,18H,4-8,12-13H2,1-3H3,(H,21,23)/t14-,18-/m0/s1. The van der Waals surface area contributed by atoms with Gasteiger partial charge in [0.05, 0.1) is 12.4 Å². The number of carbonyl (C=O) groups excluding carboxylic acids is 2. The van der Waals surface area contributed by atoms with E-state index >= 15 is 0 Å². The van der Waals surface area contributed by atoms with Crippen LogP contribution in [0.4, 0.5) is 0 Å². The first kappa shape index (κ1) is 19.8. The average Bonchev–Trinajstić information content (AvgIpc) is 2.58. The highest BCUT2D eigenvalue weighted by Gasteiger charge is 2.22. The Bertz CT molecular complexity index is 603. The van der Waals surface area contributed by atoms with E-state index < -0.39 is 0 Å². The molecule has 1 aliphatic rings. The predicted octanol–water partition coefficient (Wildman–Crippen LogP) is 4.22. The van der Waals surface area contributed by atoms with Crippen molar-refractivity contribution in [2.45, 2.75) is 58.2 Å². The van der Waals surface area contributed by atoms with Gasteiger partial charge in [0.2, 0.25) is 5.91 Å². The topological polar surface area (TPSA) is 55.4 Å². The summed E-state index contributed by atoms with van der Waals surface area (Å²) >= 11 is 1.56. The molecule has 0 radical (unpaired) electrons. The molecule has 1 fully saturated rings. The smallest absolute Gasteiger partial charge is 0.230 e. The van der Waals surface area contributed by atoms with Crippen LogP contribution in [0.3, 0.4) is 0 Å². The first-order valence-corrected chi connectivity index (χ1v) is 10.3. The van der Waals surface area contributed by atoms with Crippen LogP contribution in [-0.4, -0.2) is 30.1 Å². The monoisotopic (exact) mass is 363 g/mol. The first-order chi connectivity index (χ1) is 12.0. The summed E-state index contributed by atoms with van der Waals surface area (Å²) in [4.78, 5) is 23.8. The van der Waals surface area contributed by atoms with Crippen LogP contribution < -0.4 is 10.1 Å². The van der Waals surface area contributed by atoms with Gasteiger partial charge in [-0.3, -0.25) is 9.59 Å². The molecule has 2 atom stereocenters. The molecule has 1 aromatic carbocycles. The van der Waals surface area contributed by atoms with Gasteiger partial charge >= 0.3 is 0 Å². The second-order valence-corrected chi connectivity index (χ2v) is 7.73. The van der Waals surface area contributed by atoms with E-state index in [-0.39, 0.29) is 11.7 Å². The normalized spacial score (nSPS) is 20.1. The maximum atomic E-state index is 12.2. The third kappa shape index (κ3) is 6.07. The summed E-state index contributed by atoms with van der Waals surface area (Å²) in [6.45, 7) is 6.30. The molecule has 5 heteroatoms. The van der Waals surface area contributed by atoms with Crippen molar-refractivity contribution in [3.05, 3.63) is 29.3 Å². The first-order valence-electron chi connectivity index (χ1n) is 9.15. The molecule has 1 amide bonds. The molecule has 1 aromatic rings. The minimum atomic E-state index is 0.0401. The zero-order chi connectivity index (χ0) is 18.2. The highest BCUT2D eigenvalue weighted by Crippen LogP contribution is 2.26. The van der Waals surface area contributed by atoms with Gasteiger partial charge in [-0.15, -0.1) is 11.8 Å². The van der Waals surface area contributed by atoms with Gasteiger partial charge < -0.3 is 10.1 Å². The van der Waals surface area contributed by atoms with Crippen molar-refractivity contribution in [3.8, 4) is 5.75 Å². The number of benzene rings is 1. The Morgan fingerprint density at radius 1 is 1.28 bits per heavy atom. The van der Waals surface area contributed by atoms with Crippen LogP contribution in [0, 0.1) is 5.92 Å². The molecule has 1 saturated carbocycles. The van der Waals surface area contributed by atoms with E-state index in [1.807, 2.05) is 19.1 Å². The van der Waals surface area contributed by atoms with Crippen molar-refractivity contribution >= 4 is 23.5 Å². The largest absolute Gasteiger partial charge is 0.494 e. The molecule has 2 rings (SSSR count). The van der Waals surface area contributed by atoms with Gasteiger partial charge in [-0.1, -0.05) is 19.8 Å². The van der Waals surface area contributed by atoms with Crippen molar-refractivity contribution in [2.75, 3.05) is 12.4 Å². The van der Waals surface area contributed by atoms with Crippen LogP contribution in [-0.2, 0) is 10.5 Å². The van der Waals surface area contributed by atoms with Gasteiger partial charge in [-0.2, -0.15) is 0 Å². The van der Waals surface area contributed by atoms with E-state index in [9.17, 15) is 9.59 Å². The third-order valence-electron chi connectivity index (χ3n) is 4.72. The number of ether oxygens (including phenoxy) is 1. The molecule has 138 valence electrons. The Hall–Kier alpha value is -1.49. The van der Waals surface area contributed by atoms with E-state index in [1.54, 1.807) is 24.8 Å². The van der Waals surface area contributed by atoms with Crippen molar-refractivity contribution < 1.29 is 14.3 Å². The zero-order valence-corrected chi connectivity index (χ0v) is 16.3. The van der Waals surface area contributed by atoms with Crippen LogP contribution in [0.25, 0.3) is 0 Å². The van der Waals surface area contributed by atoms with Crippen LogP contribution in [0.1, 0.15) is 62.4 Å². The molecule has 25 heavy (non-hydrogen) atoms. The number of thioether (sulfide) groups is 1. The lowest BCUT2D eigenvalue weighted by atomic mass is 9.86. The fraction of sp³-hybridized carbons (Fsp3) is 0.600. The van der Waals surface area contributed by atoms with Gasteiger partial charge in [0.15, 0.2) is 5.78 Å². The molecular formula is C20H29NO3S. The summed E-state index contributed by atoms with van der Waals surface area (Å²) in [6, 6.07) is 5.84. The maximum absolute atomic E-state index is 12.2. The second-order valence-electron chi connectivity index (χ2n) is 6.74. The number of hydrogen-bond acceptors (Lipinski definition) is 4. The van der Waals surface area contributed by atoms with Crippen LogP contribution >= 0.6 is 11.8 Å². The van der Waals surface area contributed by atoms with Gasteiger partial charge in [0.1, 0.15) is 5.75 Å². The Kier molecular flexibility index (Phi) is 7.82. The highest BCUT2D eigenvalue weighted by molar-refractivity contribution is 7.99. The zero-order valence-electron chi connectivity index (χ0n) is 15.5. The number of amides is 1. The van der Waals surface area contributed by atoms with Gasteiger partial charge in [-0.25, -0.2) is 0 Å². The highest BCUT2D eigenvalue weighted by atomic mass is 32.2. The Morgan fingerprint density at radius 2 is 2.04 bits per heavy atom. The fourth-order valence-electron chi connectivity index (χ4n) is 3.24. The van der Waals surface area contributed by atoms with Crippen LogP contribution in [0.5, 0.6) is 5.75 Å². The summed E-state index contributed by atoms with van der Waals surface area (Å²) < 4.78 is 5.64. The van der Waals surface area contributed by atoms with Crippen LogP contribution in [0.15, 0.2) is 18.2 Å². The summed E-state index contributed by atoms with van der Waals surface area (Å²) in [5.41, 5.74) is 1.65. The van der Waals surface area contributed by atoms with Gasteiger partial charge in [-0.05, 0) is 50.8 Å². The Morgan fingerprint density at radius 3 is 2.72 bits per heavy atom. The molecule has 0 spiro atoms. The minimum Gasteiger partial charge on any atom is -0.494 e. The molecular weight excluding hydrogens is 334 g/mol. The molecule has 0 heterocycles. The van der Waals surface area contributed by atoms with E-state index in [0.29, 0.717) is 35.6 Å². The Balaban J connectivity index is 1.88. The molecule has 1 N–H and O–H groups in total. The molecule has 0 unspecified atom stereocenters. The average molecular weight is 364 g/mol. The molecule has 0 saturated heterocycles. The maximum Gasteiger partial charge on any atom is 0.230 e. The van der Waals surface area contributed by atoms with E-state index in [1.165, 1.54) is 19.3 Å². The number of hydrogen-bond donors (Lipinski definition) is 1. The van der Waals surface area contributed by atoms with E-state index in [2.05, 4.69) is 12.2 Å². The Labute approximate surface area is 155 Å². The van der Waals surface area contributed by atoms with Gasteiger partial charge in [0.25, 0.3) is 0 Å². The molecule has 0 bridgehead atoms. The lowest BCUT2D eigenvalue weighted by Gasteiger charge is -2.29. The van der Waals surface area contributed by atoms with E-state index in [4.69, 9.17) is 4.74 Å². The number of ketones is 1. The second kappa shape index (κ2) is 9.85. The molecule has 4 nitrogen and oxygen atoms in total. The summed E-state index contributed by atoms with van der Waals surface area (Å²) in [7, 11) is 0. The number of carbonyl (C=O) groups is 2. The third-order valence-corrected chi connectivity index (χ3v) is 5.70. The van der Waals surface area contributed by atoms with Crippen molar-refractivity contribution in [1.82, 2.24) is 5.32 Å². The number of nitrogens with one attached hydrogen (secondary N) is 1. The fourth-order valence-corrected chi connectivity index (χ4v) is 4.06. The quantitative estimate of drug-likeness (QED) is 0.703. The lowest BCUT2D eigenvalue weighted by molar-refractivity contribution is -0.119. The number of Topliss-reactive ketones (excluding diaryl/α,β-unsaturated/α-hetero) is 1. The summed E-state index contributed by atoms with van der Waals surface area (Å²) in [6.07, 6.45) is 4.77. The molecule has 0 aromatic heterocycles. The van der Waals surface area contributed by atoms with Crippen molar-refractivity contribution in [3.63, 3.8) is 0 Å². The summed E-state index contributed by atoms with van der Waals surface area (Å²) in [5, 5.41) is 3.18. The van der Waals surface area contributed by atoms with Gasteiger partial charge in [0, 0.05) is 22.9 Å². The lowest BCUT2D eigenvalue weighted by Crippen LogP contribution is -2.41. The van der Waals surface area contributed by atoms with Crippen molar-refractivity contribution in [2.24, 2.45) is 5.92 Å². The minimum absolute atomic E-state index is 0.0401.